The fourth-order valence-corrected chi connectivity index (χ4v) is 5.09. The Morgan fingerprint density at radius 3 is 2.26 bits per heavy atom. The molecule has 8 heteroatoms. The minimum absolute atomic E-state index is 0.304. The zero-order valence-electron chi connectivity index (χ0n) is 15.0. The molecule has 1 heterocycles. The number of benzene rings is 2. The van der Waals surface area contributed by atoms with Crippen molar-refractivity contribution in [3.63, 3.8) is 0 Å². The van der Waals surface area contributed by atoms with Crippen LogP contribution in [0.25, 0.3) is 11.3 Å². The van der Waals surface area contributed by atoms with Crippen LogP contribution in [0.2, 0.25) is 0 Å². The van der Waals surface area contributed by atoms with Crippen molar-refractivity contribution in [1.29, 1.82) is 0 Å². The van der Waals surface area contributed by atoms with Gasteiger partial charge in [0.1, 0.15) is 0 Å². The summed E-state index contributed by atoms with van der Waals surface area (Å²) >= 11 is 4.92. The molecule has 142 valence electrons. The van der Waals surface area contributed by atoms with Gasteiger partial charge in [0.15, 0.2) is 5.13 Å². The maximum absolute atomic E-state index is 12.6. The number of nitrogens with zero attached hydrogens (tertiary/aromatic N) is 2. The van der Waals surface area contributed by atoms with E-state index in [1.807, 2.05) is 43.5 Å². The summed E-state index contributed by atoms with van der Waals surface area (Å²) in [6.07, 6.45) is 0. The highest BCUT2D eigenvalue weighted by Gasteiger charge is 2.21. The summed E-state index contributed by atoms with van der Waals surface area (Å²) in [5.74, 6) is 0. The highest BCUT2D eigenvalue weighted by Crippen LogP contribution is 2.28. The second-order valence-electron chi connectivity index (χ2n) is 5.78. The molecule has 0 saturated carbocycles. The fraction of sp³-hybridized carbons (Fsp3) is 0.211. The van der Waals surface area contributed by atoms with Gasteiger partial charge >= 0.3 is 0 Å². The van der Waals surface area contributed by atoms with Crippen molar-refractivity contribution < 1.29 is 8.42 Å². The second-order valence-corrected chi connectivity index (χ2v) is 9.50. The van der Waals surface area contributed by atoms with Gasteiger partial charge in [0, 0.05) is 34.2 Å². The Morgan fingerprint density at radius 2 is 1.67 bits per heavy atom. The lowest BCUT2D eigenvalue weighted by atomic mass is 10.2. The van der Waals surface area contributed by atoms with Gasteiger partial charge in [-0.05, 0) is 36.4 Å². The first-order valence-electron chi connectivity index (χ1n) is 8.52. The van der Waals surface area contributed by atoms with Crippen LogP contribution < -0.4 is 5.32 Å². The van der Waals surface area contributed by atoms with Crippen molar-refractivity contribution in [2.24, 2.45) is 0 Å². The molecule has 0 aliphatic heterocycles. The van der Waals surface area contributed by atoms with E-state index in [2.05, 4.69) is 26.2 Å². The number of hydrogen-bond donors (Lipinski definition) is 1. The van der Waals surface area contributed by atoms with Gasteiger partial charge in [-0.25, -0.2) is 13.4 Å². The number of hydrogen-bond acceptors (Lipinski definition) is 5. The van der Waals surface area contributed by atoms with Crippen molar-refractivity contribution in [3.05, 3.63) is 58.4 Å². The standard InChI is InChI=1S/C19H20BrN3O2S2/c1-3-23(4-2)27(24,25)17-11-5-14(6-12-17)18-13-26-19(22-18)21-16-9-7-15(20)8-10-16/h5-13H,3-4H2,1-2H3,(H,21,22). The number of rotatable bonds is 7. The van der Waals surface area contributed by atoms with Crippen molar-refractivity contribution in [2.75, 3.05) is 18.4 Å². The molecule has 0 atom stereocenters. The summed E-state index contributed by atoms with van der Waals surface area (Å²) in [6.45, 7) is 4.59. The summed E-state index contributed by atoms with van der Waals surface area (Å²) in [7, 11) is -3.44. The van der Waals surface area contributed by atoms with Crippen molar-refractivity contribution in [3.8, 4) is 11.3 Å². The van der Waals surface area contributed by atoms with Crippen LogP contribution in [0.5, 0.6) is 0 Å². The zero-order chi connectivity index (χ0) is 19.4. The molecule has 0 spiro atoms. The number of anilines is 2. The molecule has 0 radical (unpaired) electrons. The van der Waals surface area contributed by atoms with Gasteiger partial charge in [-0.3, -0.25) is 0 Å². The van der Waals surface area contributed by atoms with E-state index in [9.17, 15) is 8.42 Å². The fourth-order valence-electron chi connectivity index (χ4n) is 2.63. The van der Waals surface area contributed by atoms with Gasteiger partial charge in [0.25, 0.3) is 0 Å². The number of aromatic nitrogens is 1. The van der Waals surface area contributed by atoms with Gasteiger partial charge in [-0.15, -0.1) is 11.3 Å². The maximum Gasteiger partial charge on any atom is 0.243 e. The molecule has 0 unspecified atom stereocenters. The van der Waals surface area contributed by atoms with Crippen molar-refractivity contribution in [1.82, 2.24) is 9.29 Å². The number of sulfonamides is 1. The van der Waals surface area contributed by atoms with Crippen LogP contribution in [0.4, 0.5) is 10.8 Å². The van der Waals surface area contributed by atoms with Gasteiger partial charge in [0.2, 0.25) is 10.0 Å². The Hall–Kier alpha value is -1.74. The van der Waals surface area contributed by atoms with Crippen LogP contribution in [-0.4, -0.2) is 30.8 Å². The Morgan fingerprint density at radius 1 is 1.04 bits per heavy atom. The third-order valence-electron chi connectivity index (χ3n) is 4.09. The highest BCUT2D eigenvalue weighted by molar-refractivity contribution is 9.10. The molecular formula is C19H20BrN3O2S2. The van der Waals surface area contributed by atoms with Crippen LogP contribution in [-0.2, 0) is 10.0 Å². The minimum Gasteiger partial charge on any atom is -0.332 e. The lowest BCUT2D eigenvalue weighted by Crippen LogP contribution is -2.30. The van der Waals surface area contributed by atoms with E-state index in [4.69, 9.17) is 0 Å². The first kappa shape index (κ1) is 20.0. The van der Waals surface area contributed by atoms with Gasteiger partial charge in [-0.2, -0.15) is 4.31 Å². The number of halogens is 1. The van der Waals surface area contributed by atoms with Crippen LogP contribution in [0.1, 0.15) is 13.8 Å². The first-order chi connectivity index (χ1) is 12.9. The molecule has 3 rings (SSSR count). The van der Waals surface area contributed by atoms with E-state index in [1.165, 1.54) is 15.6 Å². The maximum atomic E-state index is 12.6. The van der Waals surface area contributed by atoms with Crippen molar-refractivity contribution >= 4 is 48.1 Å². The Labute approximate surface area is 172 Å². The second kappa shape index (κ2) is 8.52. The summed E-state index contributed by atoms with van der Waals surface area (Å²) in [5, 5.41) is 6.01. The van der Waals surface area contributed by atoms with Crippen LogP contribution in [0.15, 0.2) is 63.3 Å². The lowest BCUT2D eigenvalue weighted by molar-refractivity contribution is 0.445. The minimum atomic E-state index is -3.44. The molecule has 0 bridgehead atoms. The third-order valence-corrected chi connectivity index (χ3v) is 7.44. The molecule has 0 fully saturated rings. The molecule has 3 aromatic rings. The Kier molecular flexibility index (Phi) is 6.31. The van der Waals surface area contributed by atoms with Crippen LogP contribution in [0.3, 0.4) is 0 Å². The molecule has 0 saturated heterocycles. The average molecular weight is 466 g/mol. The van der Waals surface area contributed by atoms with Crippen molar-refractivity contribution in [2.45, 2.75) is 18.7 Å². The average Bonchev–Trinajstić information content (AvgIpc) is 3.13. The van der Waals surface area contributed by atoms with E-state index >= 15 is 0 Å². The normalized spacial score (nSPS) is 11.7. The summed E-state index contributed by atoms with van der Waals surface area (Å²) in [5.41, 5.74) is 2.65. The Balaban J connectivity index is 1.78. The predicted molar refractivity (Wildman–Crippen MR) is 115 cm³/mol. The SMILES string of the molecule is CCN(CC)S(=O)(=O)c1ccc(-c2csc(Nc3ccc(Br)cc3)n2)cc1. The lowest BCUT2D eigenvalue weighted by Gasteiger charge is -2.18. The molecule has 1 N–H and O–H groups in total. The monoisotopic (exact) mass is 465 g/mol. The molecule has 5 nitrogen and oxygen atoms in total. The molecular weight excluding hydrogens is 446 g/mol. The molecule has 0 amide bonds. The van der Waals surface area contributed by atoms with Crippen LogP contribution >= 0.6 is 27.3 Å². The number of thiazole rings is 1. The summed E-state index contributed by atoms with van der Waals surface area (Å²) in [6, 6.07) is 14.8. The van der Waals surface area contributed by atoms with Gasteiger partial charge in [0.05, 0.1) is 10.6 Å². The van der Waals surface area contributed by atoms with Crippen LogP contribution in [0, 0.1) is 0 Å². The molecule has 2 aromatic carbocycles. The summed E-state index contributed by atoms with van der Waals surface area (Å²) in [4.78, 5) is 4.90. The van der Waals surface area contributed by atoms with Gasteiger partial charge < -0.3 is 5.32 Å². The molecule has 0 aliphatic rings. The largest absolute Gasteiger partial charge is 0.332 e. The quantitative estimate of drug-likeness (QED) is 0.510. The smallest absolute Gasteiger partial charge is 0.243 e. The summed E-state index contributed by atoms with van der Waals surface area (Å²) < 4.78 is 27.6. The number of nitrogens with one attached hydrogen (secondary N) is 1. The molecule has 0 aliphatic carbocycles. The van der Waals surface area contributed by atoms with E-state index < -0.39 is 10.0 Å². The van der Waals surface area contributed by atoms with E-state index in [0.717, 1.165) is 26.5 Å². The predicted octanol–water partition coefficient (Wildman–Crippen LogP) is 5.35. The third kappa shape index (κ3) is 4.57. The van der Waals surface area contributed by atoms with E-state index in [0.29, 0.717) is 18.0 Å². The van der Waals surface area contributed by atoms with E-state index in [-0.39, 0.29) is 0 Å². The van der Waals surface area contributed by atoms with E-state index in [1.54, 1.807) is 24.3 Å². The molecule has 1 aromatic heterocycles. The highest BCUT2D eigenvalue weighted by atomic mass is 79.9. The Bertz CT molecular complexity index is 996. The first-order valence-corrected chi connectivity index (χ1v) is 11.6. The zero-order valence-corrected chi connectivity index (χ0v) is 18.2. The topological polar surface area (TPSA) is 62.3 Å². The molecule has 27 heavy (non-hydrogen) atoms. The van der Waals surface area contributed by atoms with Gasteiger partial charge in [-0.1, -0.05) is 41.9 Å².